The van der Waals surface area contributed by atoms with Crippen molar-refractivity contribution >= 4 is 12.2 Å². The van der Waals surface area contributed by atoms with Gasteiger partial charge in [-0.15, -0.1) is 0 Å². The smallest absolute Gasteiger partial charge is 0.270 e. The van der Waals surface area contributed by atoms with Crippen LogP contribution in [-0.2, 0) is 6.54 Å². The van der Waals surface area contributed by atoms with Gasteiger partial charge in [-0.1, -0.05) is 73.9 Å². The number of H-pyrrole nitrogens is 1. The molecule has 1 aromatic heterocycles. The molecule has 3 aromatic rings. The second-order valence-corrected chi connectivity index (χ2v) is 8.39. The van der Waals surface area contributed by atoms with Crippen LogP contribution in [0.5, 0.6) is 0 Å². The zero-order valence-corrected chi connectivity index (χ0v) is 18.8. The van der Waals surface area contributed by atoms with Crippen molar-refractivity contribution in [1.82, 2.24) is 14.9 Å². The lowest BCUT2D eigenvalue weighted by atomic mass is 9.94. The Morgan fingerprint density at radius 1 is 1.15 bits per heavy atom. The van der Waals surface area contributed by atoms with Gasteiger partial charge in [0.15, 0.2) is 0 Å². The van der Waals surface area contributed by atoms with Crippen molar-refractivity contribution in [2.75, 3.05) is 12.5 Å². The maximum atomic E-state index is 12.4. The Bertz CT molecular complexity index is 1210. The number of aromatic nitrogens is 2. The van der Waals surface area contributed by atoms with Crippen molar-refractivity contribution in [3.05, 3.63) is 81.6 Å². The first-order chi connectivity index (χ1) is 16.2. The zero-order valence-electron chi connectivity index (χ0n) is 18.8. The van der Waals surface area contributed by atoms with Crippen LogP contribution in [0, 0.1) is 11.3 Å². The molecule has 0 aliphatic heterocycles. The van der Waals surface area contributed by atoms with E-state index in [4.69, 9.17) is 0 Å². The molecule has 1 aliphatic carbocycles. The largest absolute Gasteiger partial charge is 0.299 e. The Hall–Kier alpha value is -3.76. The van der Waals surface area contributed by atoms with Gasteiger partial charge >= 0.3 is 0 Å². The molecule has 0 spiro atoms. The van der Waals surface area contributed by atoms with Crippen molar-refractivity contribution < 1.29 is 0 Å². The highest BCUT2D eigenvalue weighted by Gasteiger charge is 2.18. The lowest BCUT2D eigenvalue weighted by Gasteiger charge is -2.31. The Labute approximate surface area is 193 Å². The van der Waals surface area contributed by atoms with Gasteiger partial charge in [-0.25, -0.2) is 10.4 Å². The van der Waals surface area contributed by atoms with E-state index in [0.717, 1.165) is 12.1 Å². The Morgan fingerprint density at radius 2 is 1.88 bits per heavy atom. The highest BCUT2D eigenvalue weighted by Crippen LogP contribution is 2.23. The van der Waals surface area contributed by atoms with Crippen molar-refractivity contribution in [1.29, 1.82) is 5.26 Å². The van der Waals surface area contributed by atoms with Crippen molar-refractivity contribution in [2.45, 2.75) is 44.7 Å². The fourth-order valence-corrected chi connectivity index (χ4v) is 4.32. The summed E-state index contributed by atoms with van der Waals surface area (Å²) >= 11 is 0. The van der Waals surface area contributed by atoms with Crippen molar-refractivity contribution in [2.24, 2.45) is 5.10 Å². The number of benzene rings is 2. The molecular weight excluding hydrogens is 412 g/mol. The first kappa shape index (κ1) is 22.4. The van der Waals surface area contributed by atoms with Crippen LogP contribution < -0.4 is 11.0 Å². The average Bonchev–Trinajstić information content (AvgIpc) is 2.86. The second kappa shape index (κ2) is 10.7. The first-order valence-electron chi connectivity index (χ1n) is 11.3. The molecule has 1 fully saturated rings. The van der Waals surface area contributed by atoms with E-state index in [1.165, 1.54) is 37.7 Å². The van der Waals surface area contributed by atoms with E-state index in [2.05, 4.69) is 38.5 Å². The predicted octanol–water partition coefficient (Wildman–Crippen LogP) is 4.52. The number of nitrogens with one attached hydrogen (secondary N) is 2. The van der Waals surface area contributed by atoms with E-state index in [-0.39, 0.29) is 11.5 Å². The van der Waals surface area contributed by atoms with Crippen LogP contribution in [0.1, 0.15) is 48.8 Å². The van der Waals surface area contributed by atoms with Crippen LogP contribution in [0.4, 0.5) is 5.95 Å². The zero-order chi connectivity index (χ0) is 23.0. The standard InChI is InChI=1S/C26H28N6O/c1-32(22-14-6-3-7-15-22)18-21-13-9-8-12-20(21)17-28-31-26-29-24(19-10-4-2-5-11-19)23(16-27)25(33)30-26/h2,4-5,8-13,17,22H,3,6-7,14-15,18H2,1H3,(H2,29,30,31,33). The van der Waals surface area contributed by atoms with Crippen molar-refractivity contribution in [3.8, 4) is 17.3 Å². The minimum Gasteiger partial charge on any atom is -0.299 e. The number of hydrazone groups is 1. The fourth-order valence-electron chi connectivity index (χ4n) is 4.32. The quantitative estimate of drug-likeness (QED) is 0.416. The lowest BCUT2D eigenvalue weighted by Crippen LogP contribution is -2.33. The van der Waals surface area contributed by atoms with Crippen LogP contribution in [0.2, 0.25) is 0 Å². The molecule has 2 aromatic carbocycles. The van der Waals surface area contributed by atoms with Crippen LogP contribution in [0.25, 0.3) is 11.3 Å². The van der Waals surface area contributed by atoms with Gasteiger partial charge < -0.3 is 0 Å². The van der Waals surface area contributed by atoms with Gasteiger partial charge in [-0.3, -0.25) is 14.7 Å². The molecule has 0 saturated heterocycles. The average molecular weight is 441 g/mol. The maximum Gasteiger partial charge on any atom is 0.270 e. The van der Waals surface area contributed by atoms with Gasteiger partial charge in [-0.2, -0.15) is 10.4 Å². The van der Waals surface area contributed by atoms with Gasteiger partial charge in [0, 0.05) is 18.2 Å². The molecule has 2 N–H and O–H groups in total. The number of hydrogen-bond donors (Lipinski definition) is 2. The predicted molar refractivity (Wildman–Crippen MR) is 131 cm³/mol. The molecule has 0 radical (unpaired) electrons. The molecule has 1 heterocycles. The summed E-state index contributed by atoms with van der Waals surface area (Å²) in [5.41, 5.74) is 5.52. The van der Waals surface area contributed by atoms with Gasteiger partial charge in [0.25, 0.3) is 5.56 Å². The molecule has 7 heteroatoms. The van der Waals surface area contributed by atoms with Crippen LogP contribution in [0.15, 0.2) is 64.5 Å². The Kier molecular flexibility index (Phi) is 7.28. The summed E-state index contributed by atoms with van der Waals surface area (Å²) < 4.78 is 0. The van der Waals surface area contributed by atoms with Crippen molar-refractivity contribution in [3.63, 3.8) is 0 Å². The maximum absolute atomic E-state index is 12.4. The summed E-state index contributed by atoms with van der Waals surface area (Å²) in [6.45, 7) is 0.858. The van der Waals surface area contributed by atoms with E-state index in [0.29, 0.717) is 17.3 Å². The van der Waals surface area contributed by atoms with Gasteiger partial charge in [0.2, 0.25) is 5.95 Å². The number of hydrogen-bond acceptors (Lipinski definition) is 6. The Morgan fingerprint density at radius 3 is 2.64 bits per heavy atom. The highest BCUT2D eigenvalue weighted by molar-refractivity contribution is 5.82. The number of rotatable bonds is 7. The lowest BCUT2D eigenvalue weighted by molar-refractivity contribution is 0.184. The number of aromatic amines is 1. The number of nitrogens with zero attached hydrogens (tertiary/aromatic N) is 4. The summed E-state index contributed by atoms with van der Waals surface area (Å²) in [4.78, 5) is 21.9. The first-order valence-corrected chi connectivity index (χ1v) is 11.3. The molecule has 0 atom stereocenters. The minimum absolute atomic E-state index is 0.0215. The molecule has 168 valence electrons. The topological polar surface area (TPSA) is 97.2 Å². The monoisotopic (exact) mass is 440 g/mol. The Balaban J connectivity index is 1.51. The highest BCUT2D eigenvalue weighted by atomic mass is 16.1. The second-order valence-electron chi connectivity index (χ2n) is 8.39. The molecule has 0 unspecified atom stereocenters. The van der Waals surface area contributed by atoms with Gasteiger partial charge in [-0.05, 0) is 31.0 Å². The molecule has 1 saturated carbocycles. The van der Waals surface area contributed by atoms with Gasteiger partial charge in [0.1, 0.15) is 11.6 Å². The van der Waals surface area contributed by atoms with Gasteiger partial charge in [0.05, 0.1) is 11.9 Å². The van der Waals surface area contributed by atoms with E-state index in [9.17, 15) is 10.1 Å². The molecule has 1 aliphatic rings. The summed E-state index contributed by atoms with van der Waals surface area (Å²) in [6.07, 6.45) is 8.22. The van der Waals surface area contributed by atoms with Crippen LogP contribution >= 0.6 is 0 Å². The van der Waals surface area contributed by atoms with Crippen LogP contribution in [0.3, 0.4) is 0 Å². The molecule has 7 nitrogen and oxygen atoms in total. The third kappa shape index (κ3) is 5.54. The summed E-state index contributed by atoms with van der Waals surface area (Å²) in [5, 5.41) is 13.7. The SMILES string of the molecule is CN(Cc1ccccc1C=NNc1nc(-c2ccccc2)c(C#N)c(=O)[nH]1)C1CCCCC1. The minimum atomic E-state index is -0.501. The van der Waals surface area contributed by atoms with E-state index < -0.39 is 5.56 Å². The van der Waals surface area contributed by atoms with E-state index >= 15 is 0 Å². The summed E-state index contributed by atoms with van der Waals surface area (Å²) in [7, 11) is 2.19. The molecule has 0 amide bonds. The third-order valence-corrected chi connectivity index (χ3v) is 6.13. The summed E-state index contributed by atoms with van der Waals surface area (Å²) in [5.74, 6) is 0.186. The molecule has 4 rings (SSSR count). The third-order valence-electron chi connectivity index (χ3n) is 6.13. The molecule has 33 heavy (non-hydrogen) atoms. The van der Waals surface area contributed by atoms with E-state index in [1.54, 1.807) is 6.21 Å². The number of anilines is 1. The fraction of sp³-hybridized carbons (Fsp3) is 0.308. The number of nitriles is 1. The molecular formula is C26H28N6O. The molecule has 0 bridgehead atoms. The van der Waals surface area contributed by atoms with E-state index in [1.807, 2.05) is 54.6 Å². The summed E-state index contributed by atoms with van der Waals surface area (Å²) in [6, 6.07) is 19.9. The van der Waals surface area contributed by atoms with Crippen LogP contribution in [-0.4, -0.2) is 34.2 Å². The normalized spacial score (nSPS) is 14.5.